The monoisotopic (exact) mass is 619 g/mol. The molecular weight excluding hydrogens is 564 g/mol. The molecule has 0 spiro atoms. The summed E-state index contributed by atoms with van der Waals surface area (Å²) in [5, 5.41) is 0. The molecule has 4 aromatic rings. The average molecular weight is 620 g/mol. The molecule has 46 heavy (non-hydrogen) atoms. The number of ether oxygens (including phenoxy) is 2. The van der Waals surface area contributed by atoms with Gasteiger partial charge in [-0.25, -0.2) is 4.98 Å². The van der Waals surface area contributed by atoms with E-state index in [-0.39, 0.29) is 11.5 Å². The summed E-state index contributed by atoms with van der Waals surface area (Å²) >= 11 is 0. The van der Waals surface area contributed by atoms with Crippen molar-refractivity contribution >= 4 is 0 Å². The van der Waals surface area contributed by atoms with Crippen LogP contribution in [0.1, 0.15) is 104 Å². The zero-order chi connectivity index (χ0) is 33.1. The molecule has 0 aliphatic heterocycles. The van der Waals surface area contributed by atoms with Crippen molar-refractivity contribution in [2.45, 2.75) is 111 Å². The van der Waals surface area contributed by atoms with Gasteiger partial charge in [-0.2, -0.15) is 4.57 Å². The lowest BCUT2D eigenvalue weighted by Gasteiger charge is -2.31. The zero-order valence-electron chi connectivity index (χ0n) is 29.5. The van der Waals surface area contributed by atoms with Crippen LogP contribution in [-0.2, 0) is 21.6 Å². The summed E-state index contributed by atoms with van der Waals surface area (Å²) in [6.07, 6.45) is 10.9. The van der Waals surface area contributed by atoms with E-state index in [2.05, 4.69) is 124 Å². The molecule has 1 aromatic heterocycles. The van der Waals surface area contributed by atoms with Crippen LogP contribution in [0.4, 0.5) is 0 Å². The van der Waals surface area contributed by atoms with E-state index in [1.54, 1.807) is 7.11 Å². The Morgan fingerprint density at radius 1 is 0.913 bits per heavy atom. The minimum Gasteiger partial charge on any atom is -0.441 e. The Kier molecular flexibility index (Phi) is 12.7. The van der Waals surface area contributed by atoms with Crippen molar-refractivity contribution in [2.75, 3.05) is 7.11 Å². The first-order valence-corrected chi connectivity index (χ1v) is 17.3. The maximum atomic E-state index is 6.47. The predicted octanol–water partition coefficient (Wildman–Crippen LogP) is 11.0. The third kappa shape index (κ3) is 8.33. The summed E-state index contributed by atoms with van der Waals surface area (Å²) in [7, 11) is 1.72. The van der Waals surface area contributed by atoms with Crippen LogP contribution in [0.3, 0.4) is 0 Å². The minimum absolute atomic E-state index is 0.0295. The van der Waals surface area contributed by atoms with Crippen molar-refractivity contribution in [3.05, 3.63) is 108 Å². The van der Waals surface area contributed by atoms with Gasteiger partial charge in [-0.1, -0.05) is 114 Å². The third-order valence-corrected chi connectivity index (χ3v) is 9.68. The number of aromatic nitrogens is 2. The van der Waals surface area contributed by atoms with Crippen LogP contribution in [0.25, 0.3) is 33.8 Å². The summed E-state index contributed by atoms with van der Waals surface area (Å²) in [5.74, 6) is 1.34. The SMILES string of the molecule is CCCCC(C)(CC)c1ccccc1-c1c(-c2cccc(C(CC)CC)c2)nc(-c2ccccc2)c[n+]1COC(C)=CC(C)OC. The number of unbranched alkanes of at least 4 members (excludes halogenated alkanes) is 1. The smallest absolute Gasteiger partial charge is 0.292 e. The van der Waals surface area contributed by atoms with Crippen LogP contribution < -0.4 is 4.57 Å². The molecule has 0 bridgehead atoms. The van der Waals surface area contributed by atoms with Gasteiger partial charge < -0.3 is 9.47 Å². The highest BCUT2D eigenvalue weighted by molar-refractivity contribution is 5.80. The molecule has 0 radical (unpaired) electrons. The maximum absolute atomic E-state index is 6.47. The Balaban J connectivity index is 2.06. The topological polar surface area (TPSA) is 35.2 Å². The summed E-state index contributed by atoms with van der Waals surface area (Å²) in [5.41, 5.74) is 9.17. The highest BCUT2D eigenvalue weighted by atomic mass is 16.5. The number of allylic oxidation sites excluding steroid dienone is 1. The number of hydrogen-bond acceptors (Lipinski definition) is 3. The first-order valence-electron chi connectivity index (χ1n) is 17.3. The fourth-order valence-electron chi connectivity index (χ4n) is 6.49. The van der Waals surface area contributed by atoms with Crippen LogP contribution in [0.5, 0.6) is 0 Å². The molecule has 0 fully saturated rings. The van der Waals surface area contributed by atoms with Gasteiger partial charge in [-0.3, -0.25) is 0 Å². The Bertz CT molecular complexity index is 1570. The van der Waals surface area contributed by atoms with Gasteiger partial charge in [0.25, 0.3) is 6.73 Å². The molecule has 3 aromatic carbocycles. The van der Waals surface area contributed by atoms with Gasteiger partial charge in [0.2, 0.25) is 5.69 Å². The Morgan fingerprint density at radius 3 is 2.28 bits per heavy atom. The van der Waals surface area contributed by atoms with Gasteiger partial charge in [0.15, 0.2) is 6.20 Å². The highest BCUT2D eigenvalue weighted by Crippen LogP contribution is 2.41. The molecule has 0 N–H and O–H groups in total. The third-order valence-electron chi connectivity index (χ3n) is 9.68. The Morgan fingerprint density at radius 2 is 1.61 bits per heavy atom. The highest BCUT2D eigenvalue weighted by Gasteiger charge is 2.33. The normalized spacial score (nSPS) is 13.9. The van der Waals surface area contributed by atoms with E-state index in [1.807, 2.05) is 19.9 Å². The summed E-state index contributed by atoms with van der Waals surface area (Å²) < 4.78 is 14.2. The van der Waals surface area contributed by atoms with E-state index in [4.69, 9.17) is 14.5 Å². The molecule has 244 valence electrons. The van der Waals surface area contributed by atoms with Crippen LogP contribution in [0, 0.1) is 0 Å². The van der Waals surface area contributed by atoms with Gasteiger partial charge >= 0.3 is 0 Å². The van der Waals surface area contributed by atoms with Crippen LogP contribution >= 0.6 is 0 Å². The molecule has 4 rings (SSSR count). The number of methoxy groups -OCH3 is 1. The Hall–Kier alpha value is -3.76. The lowest BCUT2D eigenvalue weighted by molar-refractivity contribution is -0.719. The van der Waals surface area contributed by atoms with Gasteiger partial charge in [0, 0.05) is 18.2 Å². The first kappa shape index (κ1) is 35.1. The second kappa shape index (κ2) is 16.7. The summed E-state index contributed by atoms with van der Waals surface area (Å²) in [4.78, 5) is 5.49. The quantitative estimate of drug-likeness (QED) is 0.0924. The van der Waals surface area contributed by atoms with Gasteiger partial charge in [0.1, 0.15) is 11.4 Å². The van der Waals surface area contributed by atoms with Crippen LogP contribution in [0.2, 0.25) is 0 Å². The summed E-state index contributed by atoms with van der Waals surface area (Å²) in [6.45, 7) is 16.0. The zero-order valence-corrected chi connectivity index (χ0v) is 29.5. The van der Waals surface area contributed by atoms with Gasteiger partial charge in [-0.15, -0.1) is 0 Å². The number of hydrogen-bond donors (Lipinski definition) is 0. The molecule has 1 heterocycles. The van der Waals surface area contributed by atoms with Gasteiger partial charge in [0.05, 0.1) is 17.4 Å². The van der Waals surface area contributed by atoms with Crippen molar-refractivity contribution in [3.8, 4) is 33.8 Å². The molecule has 4 nitrogen and oxygen atoms in total. The standard InChI is InChI=1S/C42H55N2O2/c1-9-13-26-42(7,12-4)38-25-18-17-24-37(38)41-40(36-23-19-22-35(28-36)33(10-2)11-3)43-39(34-20-15-14-16-21-34)29-44(41)30-46-32(6)27-31(5)45-8/h14-25,27-29,31,33H,9-13,26,30H2,1-8H3/q+1. The lowest BCUT2D eigenvalue weighted by Crippen LogP contribution is -2.39. The lowest BCUT2D eigenvalue weighted by atomic mass is 9.73. The number of nitrogens with zero attached hydrogens (tertiary/aromatic N) is 2. The number of benzene rings is 3. The first-order chi connectivity index (χ1) is 22.3. The van der Waals surface area contributed by atoms with Crippen molar-refractivity contribution in [1.82, 2.24) is 4.98 Å². The molecule has 0 aliphatic carbocycles. The maximum Gasteiger partial charge on any atom is 0.292 e. The molecule has 2 unspecified atom stereocenters. The van der Waals surface area contributed by atoms with Crippen molar-refractivity contribution in [3.63, 3.8) is 0 Å². The minimum atomic E-state index is -0.0327. The van der Waals surface area contributed by atoms with E-state index in [0.29, 0.717) is 12.6 Å². The number of rotatable bonds is 16. The van der Waals surface area contributed by atoms with Crippen molar-refractivity contribution in [1.29, 1.82) is 0 Å². The largest absolute Gasteiger partial charge is 0.441 e. The van der Waals surface area contributed by atoms with E-state index >= 15 is 0 Å². The second-order valence-corrected chi connectivity index (χ2v) is 12.9. The fourth-order valence-corrected chi connectivity index (χ4v) is 6.49. The molecule has 4 heteroatoms. The van der Waals surface area contributed by atoms with Crippen molar-refractivity contribution < 1.29 is 14.0 Å². The van der Waals surface area contributed by atoms with E-state index in [1.165, 1.54) is 29.5 Å². The molecule has 0 amide bonds. The summed E-state index contributed by atoms with van der Waals surface area (Å²) in [6, 6.07) is 28.5. The van der Waals surface area contributed by atoms with Crippen LogP contribution in [-0.4, -0.2) is 18.2 Å². The van der Waals surface area contributed by atoms with E-state index in [0.717, 1.165) is 59.7 Å². The van der Waals surface area contributed by atoms with E-state index in [9.17, 15) is 0 Å². The molecule has 0 aliphatic rings. The molecule has 0 saturated carbocycles. The van der Waals surface area contributed by atoms with Crippen LogP contribution in [0.15, 0.2) is 96.9 Å². The second-order valence-electron chi connectivity index (χ2n) is 12.9. The molecular formula is C42H55N2O2+. The Labute approximate surface area is 278 Å². The molecule has 2 atom stereocenters. The molecule has 0 saturated heterocycles. The van der Waals surface area contributed by atoms with E-state index < -0.39 is 0 Å². The fraction of sp³-hybridized carbons (Fsp3) is 0.429. The average Bonchev–Trinajstić information content (AvgIpc) is 3.10. The predicted molar refractivity (Wildman–Crippen MR) is 193 cm³/mol. The van der Waals surface area contributed by atoms with Gasteiger partial charge in [-0.05, 0) is 80.2 Å². The van der Waals surface area contributed by atoms with Crippen molar-refractivity contribution in [2.24, 2.45) is 0 Å².